The first kappa shape index (κ1) is 16.2. The molecule has 1 unspecified atom stereocenters. The van der Waals surface area contributed by atoms with Gasteiger partial charge in [-0.15, -0.1) is 11.3 Å². The van der Waals surface area contributed by atoms with Gasteiger partial charge in [-0.05, 0) is 0 Å². The molecule has 18 heavy (non-hydrogen) atoms. The molecule has 1 aromatic carbocycles. The summed E-state index contributed by atoms with van der Waals surface area (Å²) in [6.07, 6.45) is 3.57. The zero-order chi connectivity index (χ0) is 12.6. The van der Waals surface area contributed by atoms with Crippen LogP contribution in [-0.4, -0.2) is 3.92 Å². The number of hydrogen-bond acceptors (Lipinski definition) is 1. The van der Waals surface area contributed by atoms with Crippen LogP contribution in [-0.2, 0) is 32.7 Å². The van der Waals surface area contributed by atoms with Crippen LogP contribution in [0.4, 0.5) is 13.2 Å². The molecule has 1 radical (unpaired) electrons. The van der Waals surface area contributed by atoms with Gasteiger partial charge >= 0.3 is 0 Å². The molecule has 0 bridgehead atoms. The Labute approximate surface area is 142 Å². The van der Waals surface area contributed by atoms with Gasteiger partial charge in [-0.1, -0.05) is 47.7 Å². The van der Waals surface area contributed by atoms with Crippen LogP contribution in [0, 0.1) is 23.5 Å². The molecule has 0 aliphatic carbocycles. The summed E-state index contributed by atoms with van der Waals surface area (Å²) in [6, 6.07) is 1.88. The summed E-state index contributed by atoms with van der Waals surface area (Å²) in [6.45, 7) is 3.79. The second kappa shape index (κ2) is 6.52. The molecule has 0 saturated heterocycles. The molecule has 1 aromatic rings. The summed E-state index contributed by atoms with van der Waals surface area (Å²) in [7, 11) is 0. The van der Waals surface area contributed by atoms with Gasteiger partial charge in [0.15, 0.2) is 5.82 Å². The van der Waals surface area contributed by atoms with E-state index in [1.807, 2.05) is 0 Å². The number of hydrogen-bond donors (Lipinski definition) is 1. The van der Waals surface area contributed by atoms with Crippen molar-refractivity contribution in [2.75, 3.05) is 0 Å². The van der Waals surface area contributed by atoms with E-state index in [0.29, 0.717) is 12.1 Å². The van der Waals surface area contributed by atoms with Gasteiger partial charge in [-0.2, -0.15) is 0 Å². The molecule has 0 amide bonds. The van der Waals surface area contributed by atoms with Crippen LogP contribution in [0.25, 0.3) is 5.70 Å². The normalized spacial score (nSPS) is 18.8. The number of halogens is 4. The molecule has 0 aromatic heterocycles. The van der Waals surface area contributed by atoms with Crippen molar-refractivity contribution >= 4 is 28.3 Å². The van der Waals surface area contributed by atoms with E-state index in [0.717, 1.165) is 17.8 Å². The predicted octanol–water partition coefficient (Wildman–Crippen LogP) is 3.56. The van der Waals surface area contributed by atoms with Crippen molar-refractivity contribution in [1.82, 2.24) is 5.32 Å². The first-order valence-electron chi connectivity index (χ1n) is 4.84. The summed E-state index contributed by atoms with van der Waals surface area (Å²) in [4.78, 5) is 0. The largest absolute Gasteiger partial charge is 0.393 e. The molecule has 1 N–H and O–H groups in total. The third-order valence-electron chi connectivity index (χ3n) is 2.39. The summed E-state index contributed by atoms with van der Waals surface area (Å²) in [5.74, 6) is -3.88. The summed E-state index contributed by atoms with van der Waals surface area (Å²) >= 11 is 2.18. The van der Waals surface area contributed by atoms with Gasteiger partial charge in [0.2, 0.25) is 0 Å². The van der Waals surface area contributed by atoms with Crippen LogP contribution in [0.1, 0.15) is 12.0 Å². The molecule has 1 nitrogen and oxygen atoms in total. The van der Waals surface area contributed by atoms with Crippen LogP contribution < -0.4 is 5.32 Å². The van der Waals surface area contributed by atoms with Gasteiger partial charge in [0.05, 0.1) is 0 Å². The minimum Gasteiger partial charge on any atom is -0.393 e. The van der Waals surface area contributed by atoms with E-state index in [4.69, 9.17) is 0 Å². The smallest absolute Gasteiger partial charge is 0.191 e. The second-order valence-electron chi connectivity index (χ2n) is 3.63. The van der Waals surface area contributed by atoms with E-state index in [9.17, 15) is 13.2 Å². The molecule has 1 heterocycles. The van der Waals surface area contributed by atoms with Crippen LogP contribution in [0.3, 0.4) is 0 Å². The molecule has 6 heteroatoms. The van der Waals surface area contributed by atoms with Crippen molar-refractivity contribution in [2.45, 2.75) is 10.3 Å². The average Bonchev–Trinajstić information content (AvgIpc) is 2.29. The monoisotopic (exact) mass is 439 g/mol. The Kier molecular flexibility index (Phi) is 5.86. The van der Waals surface area contributed by atoms with Crippen LogP contribution in [0.15, 0.2) is 24.4 Å². The second-order valence-corrected chi connectivity index (χ2v) is 5.13. The van der Waals surface area contributed by atoms with E-state index in [1.54, 1.807) is 0 Å². The van der Waals surface area contributed by atoms with Gasteiger partial charge in [-0.3, -0.25) is 0 Å². The third kappa shape index (κ3) is 3.36. The van der Waals surface area contributed by atoms with Crippen molar-refractivity contribution in [1.29, 1.82) is 0 Å². The third-order valence-corrected chi connectivity index (χ3v) is 3.59. The molecule has 2 rings (SSSR count). The number of benzene rings is 1. The topological polar surface area (TPSA) is 12.0 Å². The van der Waals surface area contributed by atoms with Crippen molar-refractivity contribution in [3.05, 3.63) is 53.5 Å². The standard InChI is InChI=1S/C12H8F3IN.Y/c1-6-10(16)2-3-11(17-6)7-4-8(13)12(15)9(14)5-7;/h4-5,10,17H,1-2H2;/q-1;. The Morgan fingerprint density at radius 3 is 2.33 bits per heavy atom. The van der Waals surface area contributed by atoms with E-state index in [1.165, 1.54) is 0 Å². The zero-order valence-electron chi connectivity index (χ0n) is 9.24. The van der Waals surface area contributed by atoms with E-state index >= 15 is 0 Å². The summed E-state index contributed by atoms with van der Waals surface area (Å²) < 4.78 is 39.1. The zero-order valence-corrected chi connectivity index (χ0v) is 14.2. The Morgan fingerprint density at radius 2 is 1.83 bits per heavy atom. The van der Waals surface area contributed by atoms with Crippen molar-refractivity contribution in [3.63, 3.8) is 0 Å². The fourth-order valence-corrected chi connectivity index (χ4v) is 1.85. The maximum Gasteiger partial charge on any atom is 0.191 e. The van der Waals surface area contributed by atoms with Crippen LogP contribution in [0.5, 0.6) is 0 Å². The minimum absolute atomic E-state index is 0. The Hall–Kier alpha value is 0.124. The van der Waals surface area contributed by atoms with Gasteiger partial charge in [0, 0.05) is 42.3 Å². The van der Waals surface area contributed by atoms with Gasteiger partial charge in [0.25, 0.3) is 0 Å². The van der Waals surface area contributed by atoms with E-state index < -0.39 is 17.5 Å². The van der Waals surface area contributed by atoms with Crippen LogP contribution in [0.2, 0.25) is 0 Å². The molecule has 93 valence electrons. The molecular formula is C12H8F3INY-. The van der Waals surface area contributed by atoms with Crippen molar-refractivity contribution in [3.8, 4) is 0 Å². The fourth-order valence-electron chi connectivity index (χ4n) is 1.47. The SMILES string of the molecule is C=C1NC(c2cc(F)c(F)c(F)c2)=[C-]CC1I.[Y]. The fraction of sp³-hybridized carbons (Fsp3) is 0.167. The number of allylic oxidation sites excluding steroid dienone is 2. The molecule has 0 fully saturated rings. The van der Waals surface area contributed by atoms with Gasteiger partial charge < -0.3 is 5.32 Å². The first-order valence-corrected chi connectivity index (χ1v) is 6.09. The van der Waals surface area contributed by atoms with Crippen molar-refractivity contribution < 1.29 is 45.9 Å². The van der Waals surface area contributed by atoms with Gasteiger partial charge in [0.1, 0.15) is 11.6 Å². The number of rotatable bonds is 1. The summed E-state index contributed by atoms with van der Waals surface area (Å²) in [5, 5.41) is 2.90. The summed E-state index contributed by atoms with van der Waals surface area (Å²) in [5.41, 5.74) is 1.40. The van der Waals surface area contributed by atoms with E-state index in [2.05, 4.69) is 40.6 Å². The van der Waals surface area contributed by atoms with E-state index in [-0.39, 0.29) is 42.2 Å². The molecular weight excluding hydrogens is 431 g/mol. The average molecular weight is 439 g/mol. The minimum atomic E-state index is -1.46. The molecule has 1 aliphatic heterocycles. The molecule has 0 saturated carbocycles. The maximum absolute atomic E-state index is 13.1. The Bertz CT molecular complexity index is 493. The maximum atomic E-state index is 13.1. The molecule has 1 atom stereocenters. The predicted molar refractivity (Wildman–Crippen MR) is 67.7 cm³/mol. The molecule has 0 spiro atoms. The first-order chi connectivity index (χ1) is 7.99. The quantitative estimate of drug-likeness (QED) is 0.306. The Morgan fingerprint density at radius 1 is 1.28 bits per heavy atom. The molecule has 1 aliphatic rings. The number of alkyl halides is 1. The number of nitrogens with one attached hydrogen (secondary N) is 1. The van der Waals surface area contributed by atoms with Crippen molar-refractivity contribution in [2.24, 2.45) is 0 Å². The van der Waals surface area contributed by atoms with Crippen LogP contribution >= 0.6 is 22.6 Å². The van der Waals surface area contributed by atoms with Gasteiger partial charge in [-0.25, -0.2) is 19.2 Å². The Balaban J connectivity index is 0.00000162.